The number of rotatable bonds is 2. The van der Waals surface area contributed by atoms with Crippen LogP contribution in [-0.2, 0) is 0 Å². The van der Waals surface area contributed by atoms with Gasteiger partial charge in [0.1, 0.15) is 0 Å². The van der Waals surface area contributed by atoms with Crippen LogP contribution in [0, 0.1) is 5.82 Å². The quantitative estimate of drug-likeness (QED) is 0.599. The van der Waals surface area contributed by atoms with Gasteiger partial charge in [-0.25, -0.2) is 4.39 Å². The highest BCUT2D eigenvalue weighted by Gasteiger charge is 2.28. The molecular weight excluding hydrogens is 202 g/mol. The van der Waals surface area contributed by atoms with Crippen LogP contribution in [0.25, 0.3) is 0 Å². The SMILES string of the molecule is Nc1ccc(OCC(F)(F)F)c(F)c1. The third-order valence-electron chi connectivity index (χ3n) is 1.35. The lowest BCUT2D eigenvalue weighted by Gasteiger charge is -2.09. The fraction of sp³-hybridized carbons (Fsp3) is 0.250. The Morgan fingerprint density at radius 1 is 1.29 bits per heavy atom. The van der Waals surface area contributed by atoms with E-state index in [1.165, 1.54) is 6.07 Å². The van der Waals surface area contributed by atoms with Gasteiger partial charge in [-0.1, -0.05) is 0 Å². The maximum atomic E-state index is 12.9. The minimum absolute atomic E-state index is 0.127. The Kier molecular flexibility index (Phi) is 2.83. The highest BCUT2D eigenvalue weighted by atomic mass is 19.4. The predicted octanol–water partition coefficient (Wildman–Crippen LogP) is 2.35. The Bertz CT molecular complexity index is 324. The molecule has 2 nitrogen and oxygen atoms in total. The lowest BCUT2D eigenvalue weighted by atomic mass is 10.3. The van der Waals surface area contributed by atoms with Crippen LogP contribution in [-0.4, -0.2) is 12.8 Å². The average Bonchev–Trinajstić information content (AvgIpc) is 2.00. The molecular formula is C8H7F4NO. The largest absolute Gasteiger partial charge is 0.481 e. The van der Waals surface area contributed by atoms with Gasteiger partial charge >= 0.3 is 6.18 Å². The predicted molar refractivity (Wildman–Crippen MR) is 42.4 cm³/mol. The van der Waals surface area contributed by atoms with E-state index in [4.69, 9.17) is 5.73 Å². The van der Waals surface area contributed by atoms with Crippen molar-refractivity contribution in [1.29, 1.82) is 0 Å². The van der Waals surface area contributed by atoms with E-state index >= 15 is 0 Å². The standard InChI is InChI=1S/C8H7F4NO/c9-6-3-5(13)1-2-7(6)14-4-8(10,11)12/h1-3H,4,13H2. The molecule has 0 heterocycles. The van der Waals surface area contributed by atoms with Crippen LogP contribution in [0.2, 0.25) is 0 Å². The highest BCUT2D eigenvalue weighted by Crippen LogP contribution is 2.22. The van der Waals surface area contributed by atoms with Crippen LogP contribution in [0.15, 0.2) is 18.2 Å². The number of halogens is 4. The number of ether oxygens (including phenoxy) is 1. The van der Waals surface area contributed by atoms with Crippen LogP contribution in [0.4, 0.5) is 23.2 Å². The summed E-state index contributed by atoms with van der Waals surface area (Å²) in [5, 5.41) is 0. The summed E-state index contributed by atoms with van der Waals surface area (Å²) >= 11 is 0. The van der Waals surface area contributed by atoms with Gasteiger partial charge in [-0.3, -0.25) is 0 Å². The van der Waals surface area contributed by atoms with Crippen molar-refractivity contribution in [3.8, 4) is 5.75 Å². The summed E-state index contributed by atoms with van der Waals surface area (Å²) in [6.45, 7) is -1.52. The molecule has 1 aromatic rings. The van der Waals surface area contributed by atoms with E-state index in [1.54, 1.807) is 0 Å². The first-order chi connectivity index (χ1) is 6.38. The first-order valence-corrected chi connectivity index (χ1v) is 3.63. The lowest BCUT2D eigenvalue weighted by Crippen LogP contribution is -2.19. The van der Waals surface area contributed by atoms with Gasteiger partial charge in [-0.2, -0.15) is 13.2 Å². The van der Waals surface area contributed by atoms with Crippen molar-refractivity contribution >= 4 is 5.69 Å². The van der Waals surface area contributed by atoms with Crippen molar-refractivity contribution in [2.45, 2.75) is 6.18 Å². The molecule has 0 aliphatic heterocycles. The van der Waals surface area contributed by atoms with Crippen LogP contribution in [0.1, 0.15) is 0 Å². The van der Waals surface area contributed by atoms with Gasteiger partial charge in [0.05, 0.1) is 0 Å². The topological polar surface area (TPSA) is 35.2 Å². The first kappa shape index (κ1) is 10.6. The number of hydrogen-bond acceptors (Lipinski definition) is 2. The van der Waals surface area contributed by atoms with E-state index in [9.17, 15) is 17.6 Å². The van der Waals surface area contributed by atoms with Crippen LogP contribution in [0.3, 0.4) is 0 Å². The minimum atomic E-state index is -4.48. The Hall–Kier alpha value is -1.46. The van der Waals surface area contributed by atoms with Gasteiger partial charge in [0, 0.05) is 11.8 Å². The van der Waals surface area contributed by atoms with Crippen molar-refractivity contribution in [1.82, 2.24) is 0 Å². The van der Waals surface area contributed by atoms with Gasteiger partial charge in [-0.05, 0) is 12.1 Å². The number of nitrogen functional groups attached to an aromatic ring is 1. The van der Waals surface area contributed by atoms with E-state index in [-0.39, 0.29) is 5.69 Å². The van der Waals surface area contributed by atoms with E-state index < -0.39 is 24.3 Å². The Balaban J connectivity index is 2.68. The molecule has 78 valence electrons. The molecule has 0 aliphatic carbocycles. The zero-order valence-corrected chi connectivity index (χ0v) is 6.94. The highest BCUT2D eigenvalue weighted by molar-refractivity contribution is 5.42. The average molecular weight is 209 g/mol. The molecule has 0 saturated heterocycles. The second-order valence-corrected chi connectivity index (χ2v) is 2.59. The van der Waals surface area contributed by atoms with Crippen molar-refractivity contribution in [3.05, 3.63) is 24.0 Å². The van der Waals surface area contributed by atoms with Gasteiger partial charge < -0.3 is 10.5 Å². The summed E-state index contributed by atoms with van der Waals surface area (Å²) in [4.78, 5) is 0. The lowest BCUT2D eigenvalue weighted by molar-refractivity contribution is -0.153. The van der Waals surface area contributed by atoms with Gasteiger partial charge in [0.25, 0.3) is 0 Å². The van der Waals surface area contributed by atoms with E-state index in [0.717, 1.165) is 12.1 Å². The van der Waals surface area contributed by atoms with Gasteiger partial charge in [0.15, 0.2) is 18.2 Å². The van der Waals surface area contributed by atoms with E-state index in [1.807, 2.05) is 0 Å². The third kappa shape index (κ3) is 3.12. The van der Waals surface area contributed by atoms with Crippen molar-refractivity contribution in [2.24, 2.45) is 0 Å². The molecule has 0 amide bonds. The van der Waals surface area contributed by atoms with Crippen LogP contribution < -0.4 is 10.5 Å². The molecule has 0 saturated carbocycles. The molecule has 2 N–H and O–H groups in total. The molecule has 0 bridgehead atoms. The zero-order chi connectivity index (χ0) is 10.8. The zero-order valence-electron chi connectivity index (χ0n) is 6.94. The molecule has 6 heteroatoms. The third-order valence-corrected chi connectivity index (χ3v) is 1.35. The molecule has 0 aliphatic rings. The molecule has 0 aromatic heterocycles. The molecule has 0 fully saturated rings. The van der Waals surface area contributed by atoms with E-state index in [0.29, 0.717) is 0 Å². The molecule has 0 spiro atoms. The molecule has 0 unspecified atom stereocenters. The molecule has 0 atom stereocenters. The Morgan fingerprint density at radius 2 is 1.93 bits per heavy atom. The van der Waals surface area contributed by atoms with Gasteiger partial charge in [0.2, 0.25) is 0 Å². The van der Waals surface area contributed by atoms with Crippen LogP contribution >= 0.6 is 0 Å². The monoisotopic (exact) mass is 209 g/mol. The molecule has 0 radical (unpaired) electrons. The number of anilines is 1. The normalized spacial score (nSPS) is 11.4. The summed E-state index contributed by atoms with van der Waals surface area (Å²) in [5.74, 6) is -1.37. The van der Waals surface area contributed by atoms with Crippen molar-refractivity contribution < 1.29 is 22.3 Å². The van der Waals surface area contributed by atoms with Crippen LogP contribution in [0.5, 0.6) is 5.75 Å². The van der Waals surface area contributed by atoms with Gasteiger partial charge in [-0.15, -0.1) is 0 Å². The number of benzene rings is 1. The maximum absolute atomic E-state index is 12.9. The molecule has 1 rings (SSSR count). The minimum Gasteiger partial charge on any atom is -0.481 e. The second-order valence-electron chi connectivity index (χ2n) is 2.59. The fourth-order valence-corrected chi connectivity index (χ4v) is 0.794. The Morgan fingerprint density at radius 3 is 2.43 bits per heavy atom. The summed E-state index contributed by atoms with van der Waals surface area (Å²) < 4.78 is 52.1. The summed E-state index contributed by atoms with van der Waals surface area (Å²) in [5.41, 5.74) is 5.32. The molecule has 14 heavy (non-hydrogen) atoms. The van der Waals surface area contributed by atoms with Crippen molar-refractivity contribution in [3.63, 3.8) is 0 Å². The Labute approximate surface area is 77.3 Å². The van der Waals surface area contributed by atoms with E-state index in [2.05, 4.69) is 4.74 Å². The smallest absolute Gasteiger partial charge is 0.422 e. The number of nitrogens with two attached hydrogens (primary N) is 1. The first-order valence-electron chi connectivity index (χ1n) is 3.63. The summed E-state index contributed by atoms with van der Waals surface area (Å²) in [6, 6.07) is 3.21. The van der Waals surface area contributed by atoms with Crippen molar-refractivity contribution in [2.75, 3.05) is 12.3 Å². The summed E-state index contributed by atoms with van der Waals surface area (Å²) in [7, 11) is 0. The number of hydrogen-bond donors (Lipinski definition) is 1. The maximum Gasteiger partial charge on any atom is 0.422 e. The summed E-state index contributed by atoms with van der Waals surface area (Å²) in [6.07, 6.45) is -4.48. The molecule has 1 aromatic carbocycles. The fourth-order valence-electron chi connectivity index (χ4n) is 0.794. The number of alkyl halides is 3. The second kappa shape index (κ2) is 3.73.